The van der Waals surface area contributed by atoms with Gasteiger partial charge in [-0.05, 0) is 38.0 Å². The molecule has 2 rings (SSSR count). The highest BCUT2D eigenvalue weighted by atomic mass is 14.9. The molecule has 0 aliphatic carbocycles. The highest BCUT2D eigenvalue weighted by molar-refractivity contribution is 5.93. The summed E-state index contributed by atoms with van der Waals surface area (Å²) in [5, 5.41) is 4.68. The van der Waals surface area contributed by atoms with Crippen molar-refractivity contribution < 1.29 is 0 Å². The lowest BCUT2D eigenvalue weighted by atomic mass is 10.1. The average molecular weight is 214 g/mol. The van der Waals surface area contributed by atoms with Crippen LogP contribution >= 0.6 is 0 Å². The van der Waals surface area contributed by atoms with Crippen LogP contribution in [0.25, 0.3) is 10.9 Å². The van der Waals surface area contributed by atoms with Crippen molar-refractivity contribution in [1.82, 2.24) is 4.98 Å². The Hall–Kier alpha value is -1.57. The minimum absolute atomic E-state index is 1.01. The van der Waals surface area contributed by atoms with Gasteiger partial charge in [-0.15, -0.1) is 0 Å². The maximum Gasteiger partial charge on any atom is 0.0752 e. The molecule has 0 saturated carbocycles. The first-order chi connectivity index (χ1) is 7.72. The zero-order chi connectivity index (χ0) is 11.5. The summed E-state index contributed by atoms with van der Waals surface area (Å²) in [6, 6.07) is 6.43. The maximum absolute atomic E-state index is 4.45. The van der Waals surface area contributed by atoms with E-state index in [2.05, 4.69) is 49.3 Å². The standard InChI is InChI=1S/C14H18N2/c1-4-6-15-13-5-7-16-14-11(3)8-10(2)9-12(13)14/h5,7-9H,4,6H2,1-3H3,(H,15,16). The molecule has 0 bridgehead atoms. The summed E-state index contributed by atoms with van der Waals surface area (Å²) in [5.74, 6) is 0. The van der Waals surface area contributed by atoms with Gasteiger partial charge < -0.3 is 5.32 Å². The summed E-state index contributed by atoms with van der Waals surface area (Å²) in [7, 11) is 0. The number of hydrogen-bond acceptors (Lipinski definition) is 2. The molecule has 0 spiro atoms. The minimum Gasteiger partial charge on any atom is -0.384 e. The maximum atomic E-state index is 4.45. The Morgan fingerprint density at radius 2 is 2.06 bits per heavy atom. The molecule has 0 fully saturated rings. The van der Waals surface area contributed by atoms with Crippen LogP contribution in [0.2, 0.25) is 0 Å². The van der Waals surface area contributed by atoms with Crippen LogP contribution in [0.15, 0.2) is 24.4 Å². The average Bonchev–Trinajstić information content (AvgIpc) is 2.26. The van der Waals surface area contributed by atoms with Crippen LogP contribution in [0.3, 0.4) is 0 Å². The Morgan fingerprint density at radius 1 is 1.25 bits per heavy atom. The quantitative estimate of drug-likeness (QED) is 0.843. The summed E-state index contributed by atoms with van der Waals surface area (Å²) in [5.41, 5.74) is 4.83. The molecule has 0 aliphatic heterocycles. The molecule has 1 heterocycles. The monoisotopic (exact) mass is 214 g/mol. The first-order valence-electron chi connectivity index (χ1n) is 5.82. The number of anilines is 1. The van der Waals surface area contributed by atoms with Crippen LogP contribution < -0.4 is 5.32 Å². The highest BCUT2D eigenvalue weighted by Gasteiger charge is 2.04. The molecule has 0 saturated heterocycles. The first kappa shape index (κ1) is 10.9. The Kier molecular flexibility index (Phi) is 3.09. The minimum atomic E-state index is 1.01. The molecule has 1 aromatic carbocycles. The van der Waals surface area contributed by atoms with Crippen LogP contribution in [0.1, 0.15) is 24.5 Å². The Balaban J connectivity index is 2.57. The van der Waals surface area contributed by atoms with Crippen LogP contribution in [0, 0.1) is 13.8 Å². The lowest BCUT2D eigenvalue weighted by molar-refractivity contribution is 0.981. The predicted molar refractivity (Wildman–Crippen MR) is 70.0 cm³/mol. The summed E-state index contributed by atoms with van der Waals surface area (Å²) < 4.78 is 0. The van der Waals surface area contributed by atoms with Gasteiger partial charge in [0.25, 0.3) is 0 Å². The van der Waals surface area contributed by atoms with Crippen LogP contribution in [0.5, 0.6) is 0 Å². The van der Waals surface area contributed by atoms with Gasteiger partial charge in [-0.2, -0.15) is 0 Å². The molecular weight excluding hydrogens is 196 g/mol. The molecule has 1 aromatic heterocycles. The second kappa shape index (κ2) is 4.52. The number of pyridine rings is 1. The third kappa shape index (κ3) is 2.01. The van der Waals surface area contributed by atoms with Crippen LogP contribution in [-0.2, 0) is 0 Å². The Labute approximate surface area is 96.7 Å². The second-order valence-electron chi connectivity index (χ2n) is 4.26. The van der Waals surface area contributed by atoms with Crippen LogP contribution in [-0.4, -0.2) is 11.5 Å². The van der Waals surface area contributed by atoms with Crippen LogP contribution in [0.4, 0.5) is 5.69 Å². The van der Waals surface area contributed by atoms with Gasteiger partial charge in [-0.25, -0.2) is 0 Å². The van der Waals surface area contributed by atoms with Gasteiger partial charge in [0.1, 0.15) is 0 Å². The fourth-order valence-electron chi connectivity index (χ4n) is 2.03. The van der Waals surface area contributed by atoms with Gasteiger partial charge in [-0.3, -0.25) is 4.98 Å². The number of rotatable bonds is 3. The fraction of sp³-hybridized carbons (Fsp3) is 0.357. The van der Waals surface area contributed by atoms with Crippen molar-refractivity contribution in [2.45, 2.75) is 27.2 Å². The van der Waals surface area contributed by atoms with Crippen molar-refractivity contribution >= 4 is 16.6 Å². The van der Waals surface area contributed by atoms with Crippen molar-refractivity contribution in [3.63, 3.8) is 0 Å². The number of benzene rings is 1. The number of fused-ring (bicyclic) bond motifs is 1. The molecule has 0 unspecified atom stereocenters. The van der Waals surface area contributed by atoms with E-state index in [1.54, 1.807) is 0 Å². The van der Waals surface area contributed by atoms with E-state index in [1.807, 2.05) is 6.20 Å². The summed E-state index contributed by atoms with van der Waals surface area (Å²) >= 11 is 0. The normalized spacial score (nSPS) is 10.7. The lowest BCUT2D eigenvalue weighted by Crippen LogP contribution is -2.01. The van der Waals surface area contributed by atoms with Gasteiger partial charge in [0.15, 0.2) is 0 Å². The van der Waals surface area contributed by atoms with E-state index in [0.717, 1.165) is 18.5 Å². The Bertz CT molecular complexity index is 503. The zero-order valence-electron chi connectivity index (χ0n) is 10.2. The summed E-state index contributed by atoms with van der Waals surface area (Å²) in [4.78, 5) is 4.45. The summed E-state index contributed by atoms with van der Waals surface area (Å²) in [6.07, 6.45) is 3.01. The largest absolute Gasteiger partial charge is 0.384 e. The van der Waals surface area contributed by atoms with E-state index in [9.17, 15) is 0 Å². The topological polar surface area (TPSA) is 24.9 Å². The second-order valence-corrected chi connectivity index (χ2v) is 4.26. The van der Waals surface area contributed by atoms with E-state index in [-0.39, 0.29) is 0 Å². The molecule has 84 valence electrons. The molecule has 2 heteroatoms. The molecule has 2 aromatic rings. The fourth-order valence-corrected chi connectivity index (χ4v) is 2.03. The van der Waals surface area contributed by atoms with E-state index in [0.29, 0.717) is 0 Å². The molecule has 16 heavy (non-hydrogen) atoms. The van der Waals surface area contributed by atoms with E-state index in [1.165, 1.54) is 22.2 Å². The van der Waals surface area contributed by atoms with E-state index in [4.69, 9.17) is 0 Å². The molecular formula is C14H18N2. The third-order valence-corrected chi connectivity index (χ3v) is 2.75. The Morgan fingerprint density at radius 3 is 2.81 bits per heavy atom. The van der Waals surface area contributed by atoms with Crippen molar-refractivity contribution in [2.75, 3.05) is 11.9 Å². The molecule has 1 N–H and O–H groups in total. The molecule has 0 radical (unpaired) electrons. The van der Waals surface area contributed by atoms with Gasteiger partial charge in [0.05, 0.1) is 5.52 Å². The highest BCUT2D eigenvalue weighted by Crippen LogP contribution is 2.25. The number of aryl methyl sites for hydroxylation is 2. The third-order valence-electron chi connectivity index (χ3n) is 2.75. The van der Waals surface area contributed by atoms with Gasteiger partial charge >= 0.3 is 0 Å². The smallest absolute Gasteiger partial charge is 0.0752 e. The molecule has 2 nitrogen and oxygen atoms in total. The number of aromatic nitrogens is 1. The van der Waals surface area contributed by atoms with Crippen molar-refractivity contribution in [3.05, 3.63) is 35.5 Å². The van der Waals surface area contributed by atoms with Crippen molar-refractivity contribution in [3.8, 4) is 0 Å². The van der Waals surface area contributed by atoms with Gasteiger partial charge in [0.2, 0.25) is 0 Å². The van der Waals surface area contributed by atoms with E-state index < -0.39 is 0 Å². The zero-order valence-corrected chi connectivity index (χ0v) is 10.2. The number of nitrogens with one attached hydrogen (secondary N) is 1. The molecule has 0 aliphatic rings. The summed E-state index contributed by atoms with van der Waals surface area (Å²) in [6.45, 7) is 7.42. The predicted octanol–water partition coefficient (Wildman–Crippen LogP) is 3.67. The van der Waals surface area contributed by atoms with Gasteiger partial charge in [-0.1, -0.05) is 18.6 Å². The number of hydrogen-bond donors (Lipinski definition) is 1. The lowest BCUT2D eigenvalue weighted by Gasteiger charge is -2.10. The SMILES string of the molecule is CCCNc1ccnc2c(C)cc(C)cc12. The number of nitrogens with zero attached hydrogens (tertiary/aromatic N) is 1. The van der Waals surface area contributed by atoms with Gasteiger partial charge in [0, 0.05) is 23.8 Å². The first-order valence-corrected chi connectivity index (χ1v) is 5.82. The van der Waals surface area contributed by atoms with Crippen molar-refractivity contribution in [1.29, 1.82) is 0 Å². The molecule has 0 atom stereocenters. The van der Waals surface area contributed by atoms with Crippen molar-refractivity contribution in [2.24, 2.45) is 0 Å². The van der Waals surface area contributed by atoms with E-state index >= 15 is 0 Å². The molecule has 0 amide bonds.